The molecule has 158 valence electrons. The van der Waals surface area contributed by atoms with Crippen LogP contribution >= 0.6 is 23.2 Å². The number of nitrogens with one attached hydrogen (secondary N) is 3. The molecule has 0 saturated heterocycles. The van der Waals surface area contributed by atoms with Gasteiger partial charge in [0, 0.05) is 0 Å². The smallest absolute Gasteiger partial charge is 0.328 e. The van der Waals surface area contributed by atoms with Crippen molar-refractivity contribution in [2.45, 2.75) is 31.3 Å². The van der Waals surface area contributed by atoms with Gasteiger partial charge in [-0.05, 0) is 42.5 Å². The summed E-state index contributed by atoms with van der Waals surface area (Å²) in [6.07, 6.45) is 2.72. The van der Waals surface area contributed by atoms with Gasteiger partial charge in [0.25, 0.3) is 5.91 Å². The van der Waals surface area contributed by atoms with Crippen LogP contribution < -0.4 is 16.0 Å². The first kappa shape index (κ1) is 21.9. The number of halogens is 2. The van der Waals surface area contributed by atoms with Crippen LogP contribution in [0.2, 0.25) is 10.0 Å². The number of aliphatic carboxylic acids is 1. The Morgan fingerprint density at radius 3 is 2.47 bits per heavy atom. The van der Waals surface area contributed by atoms with Crippen molar-refractivity contribution in [3.63, 3.8) is 0 Å². The van der Waals surface area contributed by atoms with Crippen molar-refractivity contribution in [3.8, 4) is 0 Å². The SMILES string of the molecule is O=C(NCC(NC(=O)c1c(Cl)cccc1Cl)C(=O)O)N[C@H]1CCCc2ccccc21. The molecule has 2 aromatic carbocycles. The minimum absolute atomic E-state index is 0.0182. The van der Waals surface area contributed by atoms with Gasteiger partial charge in [0.15, 0.2) is 0 Å². The van der Waals surface area contributed by atoms with E-state index in [2.05, 4.69) is 16.0 Å². The third kappa shape index (κ3) is 5.23. The van der Waals surface area contributed by atoms with Gasteiger partial charge in [0.2, 0.25) is 0 Å². The zero-order valence-corrected chi connectivity index (χ0v) is 17.5. The molecule has 9 heteroatoms. The molecular formula is C21H21Cl2N3O4. The Labute approximate surface area is 183 Å². The Kier molecular flexibility index (Phi) is 7.18. The second kappa shape index (κ2) is 9.82. The van der Waals surface area contributed by atoms with E-state index in [0.717, 1.165) is 24.8 Å². The topological polar surface area (TPSA) is 108 Å². The molecule has 0 aliphatic heterocycles. The van der Waals surface area contributed by atoms with Gasteiger partial charge in [0.1, 0.15) is 6.04 Å². The number of carboxylic acid groups (broad SMARTS) is 1. The molecule has 0 radical (unpaired) electrons. The molecule has 0 bridgehead atoms. The van der Waals surface area contributed by atoms with Crippen LogP contribution in [0.15, 0.2) is 42.5 Å². The molecule has 4 N–H and O–H groups in total. The van der Waals surface area contributed by atoms with Crippen molar-refractivity contribution in [1.82, 2.24) is 16.0 Å². The van der Waals surface area contributed by atoms with Crippen molar-refractivity contribution < 1.29 is 19.5 Å². The highest BCUT2D eigenvalue weighted by atomic mass is 35.5. The number of rotatable bonds is 6. The van der Waals surface area contributed by atoms with Crippen molar-refractivity contribution in [2.24, 2.45) is 0 Å². The summed E-state index contributed by atoms with van der Waals surface area (Å²) < 4.78 is 0. The van der Waals surface area contributed by atoms with E-state index in [9.17, 15) is 19.5 Å². The molecule has 0 heterocycles. The van der Waals surface area contributed by atoms with Gasteiger partial charge in [-0.15, -0.1) is 0 Å². The summed E-state index contributed by atoms with van der Waals surface area (Å²) in [4.78, 5) is 36.3. The third-order valence-corrected chi connectivity index (χ3v) is 5.56. The van der Waals surface area contributed by atoms with Crippen LogP contribution in [0.1, 0.15) is 40.4 Å². The molecule has 2 aromatic rings. The summed E-state index contributed by atoms with van der Waals surface area (Å²) in [6.45, 7) is -0.302. The average molecular weight is 450 g/mol. The number of carbonyl (C=O) groups excluding carboxylic acids is 2. The summed E-state index contributed by atoms with van der Waals surface area (Å²) in [5.74, 6) is -2.03. The van der Waals surface area contributed by atoms with Gasteiger partial charge >= 0.3 is 12.0 Å². The van der Waals surface area contributed by atoms with Crippen molar-refractivity contribution in [3.05, 3.63) is 69.2 Å². The number of hydrogen-bond donors (Lipinski definition) is 4. The van der Waals surface area contributed by atoms with E-state index < -0.39 is 23.9 Å². The van der Waals surface area contributed by atoms with E-state index in [1.54, 1.807) is 6.07 Å². The minimum atomic E-state index is -1.35. The van der Waals surface area contributed by atoms with Crippen LogP contribution in [0.3, 0.4) is 0 Å². The van der Waals surface area contributed by atoms with Crippen LogP contribution in [-0.2, 0) is 11.2 Å². The lowest BCUT2D eigenvalue weighted by atomic mass is 9.88. The van der Waals surface area contributed by atoms with E-state index in [4.69, 9.17) is 23.2 Å². The molecule has 0 spiro atoms. The lowest BCUT2D eigenvalue weighted by molar-refractivity contribution is -0.139. The molecule has 1 aliphatic carbocycles. The zero-order valence-electron chi connectivity index (χ0n) is 16.0. The van der Waals surface area contributed by atoms with Gasteiger partial charge in [-0.25, -0.2) is 9.59 Å². The maximum atomic E-state index is 12.4. The molecule has 0 saturated carbocycles. The number of amides is 3. The van der Waals surface area contributed by atoms with Crippen molar-refractivity contribution >= 4 is 41.1 Å². The van der Waals surface area contributed by atoms with E-state index in [1.165, 1.54) is 17.7 Å². The van der Waals surface area contributed by atoms with Crippen LogP contribution in [0.5, 0.6) is 0 Å². The predicted octanol–water partition coefficient (Wildman–Crippen LogP) is 3.55. The highest BCUT2D eigenvalue weighted by Gasteiger charge is 2.25. The number of aryl methyl sites for hydroxylation is 1. The maximum Gasteiger partial charge on any atom is 0.328 e. The number of fused-ring (bicyclic) bond motifs is 1. The van der Waals surface area contributed by atoms with Crippen LogP contribution in [0, 0.1) is 0 Å². The summed E-state index contributed by atoms with van der Waals surface area (Å²) in [6, 6.07) is 10.4. The van der Waals surface area contributed by atoms with Gasteiger partial charge in [-0.2, -0.15) is 0 Å². The monoisotopic (exact) mass is 449 g/mol. The Balaban J connectivity index is 1.59. The molecule has 1 aliphatic rings. The number of hydrogen-bond acceptors (Lipinski definition) is 3. The fraction of sp³-hybridized carbons (Fsp3) is 0.286. The molecular weight excluding hydrogens is 429 g/mol. The first-order valence-corrected chi connectivity index (χ1v) is 10.2. The lowest BCUT2D eigenvalue weighted by Gasteiger charge is -2.26. The first-order chi connectivity index (χ1) is 14.4. The Bertz CT molecular complexity index is 947. The summed E-state index contributed by atoms with van der Waals surface area (Å²) in [7, 11) is 0. The van der Waals surface area contributed by atoms with E-state index in [0.29, 0.717) is 0 Å². The second-order valence-electron chi connectivity index (χ2n) is 6.96. The second-order valence-corrected chi connectivity index (χ2v) is 7.77. The van der Waals surface area contributed by atoms with Crippen LogP contribution in [0.4, 0.5) is 4.79 Å². The quantitative estimate of drug-likeness (QED) is 0.540. The Morgan fingerprint density at radius 2 is 1.77 bits per heavy atom. The number of carboxylic acids is 1. The zero-order chi connectivity index (χ0) is 21.7. The standard InChI is InChI=1S/C21H21Cl2N3O4/c22-14-8-4-9-15(23)18(14)19(27)25-17(20(28)29)11-24-21(30)26-16-10-3-6-12-5-1-2-7-13(12)16/h1-2,4-5,7-9,16-17H,3,6,10-11H2,(H,25,27)(H,28,29)(H2,24,26,30)/t16-,17?/m0/s1. The summed E-state index contributed by atoms with van der Waals surface area (Å²) in [5.41, 5.74) is 2.24. The highest BCUT2D eigenvalue weighted by molar-refractivity contribution is 6.39. The van der Waals surface area contributed by atoms with Crippen molar-refractivity contribution in [1.29, 1.82) is 0 Å². The van der Waals surface area contributed by atoms with Crippen molar-refractivity contribution in [2.75, 3.05) is 6.54 Å². The maximum absolute atomic E-state index is 12.4. The van der Waals surface area contributed by atoms with Crippen LogP contribution in [0.25, 0.3) is 0 Å². The van der Waals surface area contributed by atoms with Gasteiger partial charge in [-0.3, -0.25) is 4.79 Å². The number of carbonyl (C=O) groups is 3. The molecule has 2 atom stereocenters. The van der Waals surface area contributed by atoms with E-state index in [-0.39, 0.29) is 28.2 Å². The van der Waals surface area contributed by atoms with E-state index in [1.807, 2.05) is 24.3 Å². The first-order valence-electron chi connectivity index (χ1n) is 9.46. The number of benzene rings is 2. The van der Waals surface area contributed by atoms with Gasteiger partial charge < -0.3 is 21.1 Å². The number of urea groups is 1. The molecule has 0 fully saturated rings. The molecule has 0 aromatic heterocycles. The summed E-state index contributed by atoms with van der Waals surface area (Å²) in [5, 5.41) is 17.4. The molecule has 30 heavy (non-hydrogen) atoms. The van der Waals surface area contributed by atoms with Gasteiger partial charge in [-0.1, -0.05) is 53.5 Å². The largest absolute Gasteiger partial charge is 0.480 e. The van der Waals surface area contributed by atoms with Crippen LogP contribution in [-0.4, -0.2) is 35.6 Å². The summed E-state index contributed by atoms with van der Waals surface area (Å²) >= 11 is 12.0. The highest BCUT2D eigenvalue weighted by Crippen LogP contribution is 2.29. The fourth-order valence-corrected chi connectivity index (χ4v) is 4.02. The molecule has 7 nitrogen and oxygen atoms in total. The van der Waals surface area contributed by atoms with Gasteiger partial charge in [0.05, 0.1) is 28.2 Å². The Morgan fingerprint density at radius 1 is 1.07 bits per heavy atom. The molecule has 3 amide bonds. The Hall–Kier alpha value is -2.77. The predicted molar refractivity (Wildman–Crippen MR) is 114 cm³/mol. The van der Waals surface area contributed by atoms with E-state index >= 15 is 0 Å². The lowest BCUT2D eigenvalue weighted by Crippen LogP contribution is -2.50. The average Bonchev–Trinajstić information content (AvgIpc) is 2.71. The normalized spacial score (nSPS) is 16.1. The minimum Gasteiger partial charge on any atom is -0.480 e. The molecule has 3 rings (SSSR count). The third-order valence-electron chi connectivity index (χ3n) is 4.93. The molecule has 1 unspecified atom stereocenters. The fourth-order valence-electron chi connectivity index (χ4n) is 3.45.